The van der Waals surface area contributed by atoms with Gasteiger partial charge in [0.15, 0.2) is 0 Å². The summed E-state index contributed by atoms with van der Waals surface area (Å²) in [4.78, 5) is 0.0305. The molecule has 0 saturated heterocycles. The Morgan fingerprint density at radius 3 is 2.50 bits per heavy atom. The molecule has 0 radical (unpaired) electrons. The van der Waals surface area contributed by atoms with Crippen LogP contribution in [-0.4, -0.2) is 16.6 Å². The number of hydrogen-bond acceptors (Lipinski definition) is 1. The molecule has 1 nitrogen and oxygen atoms in total. The van der Waals surface area contributed by atoms with Crippen molar-refractivity contribution in [1.29, 1.82) is 0 Å². The van der Waals surface area contributed by atoms with E-state index in [0.717, 1.165) is 12.8 Å². The lowest BCUT2D eigenvalue weighted by atomic mass is 10.2. The van der Waals surface area contributed by atoms with E-state index in [-0.39, 0.29) is 11.5 Å². The first kappa shape index (κ1) is 6.37. The number of rotatable bonds is 2. The average Bonchev–Trinajstić information content (AvgIpc) is 2.15. The zero-order valence-corrected chi connectivity index (χ0v) is 5.78. The Kier molecular flexibility index (Phi) is 1.50. The number of aliphatic hydroxyl groups excluding tert-OH is 1. The molecule has 2 heteroatoms. The van der Waals surface area contributed by atoms with Gasteiger partial charge in [-0.25, -0.2) is 0 Å². The van der Waals surface area contributed by atoms with Crippen molar-refractivity contribution in [1.82, 2.24) is 0 Å². The highest BCUT2D eigenvalue weighted by Crippen LogP contribution is 2.50. The van der Waals surface area contributed by atoms with Gasteiger partial charge in [-0.1, -0.05) is 0 Å². The van der Waals surface area contributed by atoms with Gasteiger partial charge in [0.25, 0.3) is 0 Å². The molecule has 0 aliphatic heterocycles. The molecule has 0 aromatic heterocycles. The second-order valence-corrected chi connectivity index (χ2v) is 3.55. The van der Waals surface area contributed by atoms with E-state index in [0.29, 0.717) is 5.92 Å². The summed E-state index contributed by atoms with van der Waals surface area (Å²) < 4.78 is 0. The summed E-state index contributed by atoms with van der Waals surface area (Å²) in [6.07, 6.45) is 1.95. The number of alkyl halides is 1. The maximum atomic E-state index is 8.45. The van der Waals surface area contributed by atoms with Crippen molar-refractivity contribution in [3.05, 3.63) is 0 Å². The predicted octanol–water partition coefficient (Wildman–Crippen LogP) is 1.39. The molecule has 0 heterocycles. The molecule has 8 heavy (non-hydrogen) atoms. The minimum Gasteiger partial charge on any atom is -0.396 e. The average molecular weight is 135 g/mol. The summed E-state index contributed by atoms with van der Waals surface area (Å²) in [6, 6.07) is 0. The van der Waals surface area contributed by atoms with Crippen LogP contribution in [0.15, 0.2) is 0 Å². The van der Waals surface area contributed by atoms with Gasteiger partial charge in [-0.2, -0.15) is 0 Å². The second-order valence-electron chi connectivity index (χ2n) is 2.69. The summed E-state index contributed by atoms with van der Waals surface area (Å²) in [5.41, 5.74) is 0. The van der Waals surface area contributed by atoms with Gasteiger partial charge in [0, 0.05) is 11.5 Å². The Bertz CT molecular complexity index is 90.5. The van der Waals surface area contributed by atoms with Gasteiger partial charge in [-0.05, 0) is 25.7 Å². The molecule has 0 aromatic carbocycles. The maximum absolute atomic E-state index is 8.45. The van der Waals surface area contributed by atoms with Crippen molar-refractivity contribution in [2.75, 3.05) is 6.61 Å². The summed E-state index contributed by atoms with van der Waals surface area (Å²) in [5.74, 6) is 0.578. The number of halogens is 1. The standard InChI is InChI=1S/C6H11ClO/c1-6(7)4-5(6)2-3-8/h5,8H,2-4H2,1H3. The molecule has 1 N–H and O–H groups in total. The third kappa shape index (κ3) is 1.15. The molecule has 1 rings (SSSR count). The van der Waals surface area contributed by atoms with Crippen LogP contribution in [0.2, 0.25) is 0 Å². The van der Waals surface area contributed by atoms with Crippen molar-refractivity contribution in [3.63, 3.8) is 0 Å². The molecule has 1 saturated carbocycles. The highest BCUT2D eigenvalue weighted by atomic mass is 35.5. The Labute approximate surface area is 54.7 Å². The summed E-state index contributed by atoms with van der Waals surface area (Å²) in [6.45, 7) is 2.31. The molecule has 1 aliphatic carbocycles. The van der Waals surface area contributed by atoms with Crippen molar-refractivity contribution < 1.29 is 5.11 Å². The number of aliphatic hydroxyl groups is 1. The molecule has 1 aliphatic rings. The molecule has 2 unspecified atom stereocenters. The largest absolute Gasteiger partial charge is 0.396 e. The van der Waals surface area contributed by atoms with Gasteiger partial charge in [-0.15, -0.1) is 11.6 Å². The smallest absolute Gasteiger partial charge is 0.0451 e. The monoisotopic (exact) mass is 134 g/mol. The minimum atomic E-state index is 0.0305. The van der Waals surface area contributed by atoms with Gasteiger partial charge in [-0.3, -0.25) is 0 Å². The summed E-state index contributed by atoms with van der Waals surface area (Å²) in [5, 5.41) is 8.45. The van der Waals surface area contributed by atoms with E-state index in [9.17, 15) is 0 Å². The van der Waals surface area contributed by atoms with Gasteiger partial charge in [0.05, 0.1) is 0 Å². The van der Waals surface area contributed by atoms with Gasteiger partial charge in [0.2, 0.25) is 0 Å². The fourth-order valence-electron chi connectivity index (χ4n) is 0.982. The van der Waals surface area contributed by atoms with Crippen LogP contribution < -0.4 is 0 Å². The molecule has 48 valence electrons. The lowest BCUT2D eigenvalue weighted by Gasteiger charge is -1.95. The van der Waals surface area contributed by atoms with E-state index in [2.05, 4.69) is 0 Å². The molecule has 2 atom stereocenters. The first-order valence-electron chi connectivity index (χ1n) is 2.96. The molecule has 0 amide bonds. The van der Waals surface area contributed by atoms with Gasteiger partial charge >= 0.3 is 0 Å². The quantitative estimate of drug-likeness (QED) is 0.566. The van der Waals surface area contributed by atoms with Crippen molar-refractivity contribution in [3.8, 4) is 0 Å². The molecule has 0 bridgehead atoms. The van der Waals surface area contributed by atoms with Crippen LogP contribution in [0.4, 0.5) is 0 Å². The van der Waals surface area contributed by atoms with Crippen LogP contribution in [0, 0.1) is 5.92 Å². The van der Waals surface area contributed by atoms with Crippen molar-refractivity contribution in [2.45, 2.75) is 24.6 Å². The van der Waals surface area contributed by atoms with E-state index in [1.807, 2.05) is 6.92 Å². The Morgan fingerprint density at radius 2 is 2.38 bits per heavy atom. The zero-order valence-electron chi connectivity index (χ0n) is 5.02. The van der Waals surface area contributed by atoms with Crippen LogP contribution >= 0.6 is 11.6 Å². The molecular formula is C6H11ClO. The van der Waals surface area contributed by atoms with Crippen LogP contribution in [0.3, 0.4) is 0 Å². The van der Waals surface area contributed by atoms with Crippen LogP contribution in [-0.2, 0) is 0 Å². The van der Waals surface area contributed by atoms with Gasteiger partial charge < -0.3 is 5.11 Å². The maximum Gasteiger partial charge on any atom is 0.0451 e. The Hall–Kier alpha value is 0.250. The van der Waals surface area contributed by atoms with Crippen LogP contribution in [0.1, 0.15) is 19.8 Å². The third-order valence-corrected chi connectivity index (χ3v) is 2.28. The van der Waals surface area contributed by atoms with E-state index >= 15 is 0 Å². The fraction of sp³-hybridized carbons (Fsp3) is 1.00. The highest BCUT2D eigenvalue weighted by Gasteiger charge is 2.47. The first-order valence-corrected chi connectivity index (χ1v) is 3.34. The first-order chi connectivity index (χ1) is 3.67. The Balaban J connectivity index is 2.17. The Morgan fingerprint density at radius 1 is 1.88 bits per heavy atom. The van der Waals surface area contributed by atoms with E-state index in [1.54, 1.807) is 0 Å². The third-order valence-electron chi connectivity index (χ3n) is 1.81. The van der Waals surface area contributed by atoms with E-state index in [1.165, 1.54) is 0 Å². The van der Waals surface area contributed by atoms with E-state index in [4.69, 9.17) is 16.7 Å². The molecule has 0 aromatic rings. The van der Waals surface area contributed by atoms with Crippen molar-refractivity contribution >= 4 is 11.6 Å². The fourth-order valence-corrected chi connectivity index (χ4v) is 1.28. The zero-order chi connectivity index (χ0) is 6.20. The lowest BCUT2D eigenvalue weighted by Crippen LogP contribution is -1.95. The molecule has 1 fully saturated rings. The lowest BCUT2D eigenvalue weighted by molar-refractivity contribution is 0.278. The summed E-state index contributed by atoms with van der Waals surface area (Å²) in [7, 11) is 0. The van der Waals surface area contributed by atoms with Gasteiger partial charge in [0.1, 0.15) is 0 Å². The van der Waals surface area contributed by atoms with Crippen LogP contribution in [0.25, 0.3) is 0 Å². The number of hydrogen-bond donors (Lipinski definition) is 1. The van der Waals surface area contributed by atoms with Crippen molar-refractivity contribution in [2.24, 2.45) is 5.92 Å². The SMILES string of the molecule is CC1(Cl)CC1CCO. The highest BCUT2D eigenvalue weighted by molar-refractivity contribution is 6.25. The molecular weight excluding hydrogens is 124 g/mol. The molecule has 0 spiro atoms. The predicted molar refractivity (Wildman–Crippen MR) is 34.1 cm³/mol. The topological polar surface area (TPSA) is 20.2 Å². The van der Waals surface area contributed by atoms with Crippen LogP contribution in [0.5, 0.6) is 0 Å². The van der Waals surface area contributed by atoms with E-state index < -0.39 is 0 Å². The summed E-state index contributed by atoms with van der Waals surface area (Å²) >= 11 is 5.87. The normalized spacial score (nSPS) is 44.6. The second kappa shape index (κ2) is 1.89. The minimum absolute atomic E-state index is 0.0305.